The predicted molar refractivity (Wildman–Crippen MR) is 106 cm³/mol. The molecule has 0 aromatic heterocycles. The van der Waals surface area contributed by atoms with Crippen molar-refractivity contribution in [1.29, 1.82) is 0 Å². The smallest absolute Gasteiger partial charge is 0.194 e. The van der Waals surface area contributed by atoms with Gasteiger partial charge in [-0.2, -0.15) is 0 Å². The van der Waals surface area contributed by atoms with E-state index in [9.17, 15) is 0 Å². The summed E-state index contributed by atoms with van der Waals surface area (Å²) < 4.78 is 5.98. The normalized spacial score (nSPS) is 17.8. The number of benzene rings is 1. The van der Waals surface area contributed by atoms with E-state index in [1.807, 2.05) is 6.07 Å². The van der Waals surface area contributed by atoms with Crippen molar-refractivity contribution in [3.05, 3.63) is 29.8 Å². The zero-order valence-corrected chi connectivity index (χ0v) is 16.3. The summed E-state index contributed by atoms with van der Waals surface area (Å²) in [6.07, 6.45) is 5.18. The first kappa shape index (κ1) is 18.4. The third-order valence-electron chi connectivity index (χ3n) is 4.28. The Balaban J connectivity index is 0.00000192. The Labute approximate surface area is 156 Å². The highest BCUT2D eigenvalue weighted by Crippen LogP contribution is 2.30. The van der Waals surface area contributed by atoms with Crippen molar-refractivity contribution in [2.45, 2.75) is 39.2 Å². The number of halogens is 1. The Hall–Kier alpha value is -0.980. The molecule has 1 aromatic carbocycles. The fraction of sp³-hybridized carbons (Fsp3) is 0.611. The minimum atomic E-state index is 0. The average molecular weight is 429 g/mol. The van der Waals surface area contributed by atoms with Crippen molar-refractivity contribution in [2.75, 3.05) is 26.2 Å². The van der Waals surface area contributed by atoms with Gasteiger partial charge in [-0.05, 0) is 44.6 Å². The molecule has 5 heteroatoms. The van der Waals surface area contributed by atoms with Crippen LogP contribution in [0.4, 0.5) is 0 Å². The lowest BCUT2D eigenvalue weighted by Crippen LogP contribution is -2.39. The number of guanidine groups is 1. The summed E-state index contributed by atoms with van der Waals surface area (Å²) in [4.78, 5) is 7.18. The second kappa shape index (κ2) is 9.35. The molecule has 1 aliphatic heterocycles. The number of para-hydroxylation sites is 1. The van der Waals surface area contributed by atoms with Gasteiger partial charge in [0.05, 0.1) is 13.2 Å². The fourth-order valence-electron chi connectivity index (χ4n) is 2.78. The molecule has 2 aliphatic rings. The van der Waals surface area contributed by atoms with Gasteiger partial charge in [0.1, 0.15) is 5.75 Å². The maximum absolute atomic E-state index is 5.98. The predicted octanol–water partition coefficient (Wildman–Crippen LogP) is 3.65. The highest BCUT2D eigenvalue weighted by atomic mass is 127. The monoisotopic (exact) mass is 429 g/mol. The van der Waals surface area contributed by atoms with Crippen LogP contribution in [0.5, 0.6) is 5.75 Å². The molecule has 2 fully saturated rings. The van der Waals surface area contributed by atoms with Gasteiger partial charge in [0, 0.05) is 25.2 Å². The first-order valence-corrected chi connectivity index (χ1v) is 8.61. The molecule has 0 spiro atoms. The molecule has 1 saturated carbocycles. The van der Waals surface area contributed by atoms with Crippen molar-refractivity contribution in [1.82, 2.24) is 10.2 Å². The standard InChI is InChI=1S/C18H27N3O.HI/c1-2-19-18(21-11-5-6-12-21)20-13-16-7-3-4-8-17(16)22-14-15-9-10-15;/h3-4,7-8,15H,2,5-6,9-14H2,1H3,(H,19,20);1H. The minimum absolute atomic E-state index is 0. The molecule has 4 nitrogen and oxygen atoms in total. The quantitative estimate of drug-likeness (QED) is 0.426. The summed E-state index contributed by atoms with van der Waals surface area (Å²) in [5, 5.41) is 3.41. The number of nitrogens with zero attached hydrogens (tertiary/aromatic N) is 2. The SMILES string of the molecule is CCNC(=NCc1ccccc1OCC1CC1)N1CCCC1.I. The van der Waals surface area contributed by atoms with E-state index in [1.165, 1.54) is 31.2 Å². The summed E-state index contributed by atoms with van der Waals surface area (Å²) in [6, 6.07) is 8.30. The average Bonchev–Trinajstić information content (AvgIpc) is 3.22. The molecular weight excluding hydrogens is 401 g/mol. The van der Waals surface area contributed by atoms with E-state index in [-0.39, 0.29) is 24.0 Å². The molecule has 0 bridgehead atoms. The Kier molecular flexibility index (Phi) is 7.46. The molecule has 0 radical (unpaired) electrons. The van der Waals surface area contributed by atoms with Crippen molar-refractivity contribution >= 4 is 29.9 Å². The number of nitrogens with one attached hydrogen (secondary N) is 1. The number of hydrogen-bond donors (Lipinski definition) is 1. The molecule has 1 aliphatic carbocycles. The number of rotatable bonds is 6. The summed E-state index contributed by atoms with van der Waals surface area (Å²) >= 11 is 0. The number of aliphatic imine (C=N–C) groups is 1. The number of likely N-dealkylation sites (tertiary alicyclic amines) is 1. The van der Waals surface area contributed by atoms with Gasteiger partial charge < -0.3 is 15.0 Å². The molecule has 128 valence electrons. The summed E-state index contributed by atoms with van der Waals surface area (Å²) in [5.41, 5.74) is 1.18. The second-order valence-corrected chi connectivity index (χ2v) is 6.23. The zero-order valence-electron chi connectivity index (χ0n) is 14.0. The first-order valence-electron chi connectivity index (χ1n) is 8.61. The van der Waals surface area contributed by atoms with E-state index in [1.54, 1.807) is 0 Å². The Morgan fingerprint density at radius 3 is 2.70 bits per heavy atom. The van der Waals surface area contributed by atoms with Gasteiger partial charge in [-0.1, -0.05) is 18.2 Å². The van der Waals surface area contributed by atoms with E-state index in [2.05, 4.69) is 35.3 Å². The molecule has 3 rings (SSSR count). The fourth-order valence-corrected chi connectivity index (χ4v) is 2.78. The lowest BCUT2D eigenvalue weighted by atomic mass is 10.2. The molecule has 1 aromatic rings. The Bertz CT molecular complexity index is 511. The molecule has 0 amide bonds. The van der Waals surface area contributed by atoms with Crippen LogP contribution < -0.4 is 10.1 Å². The van der Waals surface area contributed by atoms with Gasteiger partial charge in [0.25, 0.3) is 0 Å². The van der Waals surface area contributed by atoms with Gasteiger partial charge in [-0.25, -0.2) is 4.99 Å². The van der Waals surface area contributed by atoms with Crippen LogP contribution in [0.3, 0.4) is 0 Å². The van der Waals surface area contributed by atoms with E-state index >= 15 is 0 Å². The van der Waals surface area contributed by atoms with E-state index in [0.29, 0.717) is 6.54 Å². The molecule has 1 N–H and O–H groups in total. The lowest BCUT2D eigenvalue weighted by Gasteiger charge is -2.21. The number of ether oxygens (including phenoxy) is 1. The van der Waals surface area contributed by atoms with Crippen LogP contribution in [0.1, 0.15) is 38.2 Å². The minimum Gasteiger partial charge on any atom is -0.493 e. The summed E-state index contributed by atoms with van der Waals surface area (Å²) in [7, 11) is 0. The van der Waals surface area contributed by atoms with Gasteiger partial charge in [-0.3, -0.25) is 0 Å². The summed E-state index contributed by atoms with van der Waals surface area (Å²) in [6.45, 7) is 6.80. The molecule has 0 unspecified atom stereocenters. The maximum Gasteiger partial charge on any atom is 0.194 e. The third-order valence-corrected chi connectivity index (χ3v) is 4.28. The van der Waals surface area contributed by atoms with E-state index in [4.69, 9.17) is 9.73 Å². The summed E-state index contributed by atoms with van der Waals surface area (Å²) in [5.74, 6) is 2.81. The molecule has 23 heavy (non-hydrogen) atoms. The number of hydrogen-bond acceptors (Lipinski definition) is 2. The lowest BCUT2D eigenvalue weighted by molar-refractivity contribution is 0.297. The highest BCUT2D eigenvalue weighted by molar-refractivity contribution is 14.0. The molecule has 0 atom stereocenters. The van der Waals surface area contributed by atoms with Gasteiger partial charge in [0.15, 0.2) is 5.96 Å². The Morgan fingerprint density at radius 1 is 1.26 bits per heavy atom. The largest absolute Gasteiger partial charge is 0.493 e. The van der Waals surface area contributed by atoms with E-state index < -0.39 is 0 Å². The van der Waals surface area contributed by atoms with E-state index in [0.717, 1.165) is 43.9 Å². The zero-order chi connectivity index (χ0) is 15.2. The van der Waals surface area contributed by atoms with Crippen LogP contribution in [-0.2, 0) is 6.54 Å². The van der Waals surface area contributed by atoms with Gasteiger partial charge in [-0.15, -0.1) is 24.0 Å². The molecule has 1 heterocycles. The topological polar surface area (TPSA) is 36.9 Å². The highest BCUT2D eigenvalue weighted by Gasteiger charge is 2.22. The van der Waals surface area contributed by atoms with Crippen LogP contribution >= 0.6 is 24.0 Å². The second-order valence-electron chi connectivity index (χ2n) is 6.23. The van der Waals surface area contributed by atoms with Crippen LogP contribution in [0, 0.1) is 5.92 Å². The van der Waals surface area contributed by atoms with Crippen molar-refractivity contribution in [3.8, 4) is 5.75 Å². The van der Waals surface area contributed by atoms with Gasteiger partial charge >= 0.3 is 0 Å². The third kappa shape index (κ3) is 5.55. The maximum atomic E-state index is 5.98. The van der Waals surface area contributed by atoms with Crippen molar-refractivity contribution in [3.63, 3.8) is 0 Å². The van der Waals surface area contributed by atoms with Gasteiger partial charge in [0.2, 0.25) is 0 Å². The van der Waals surface area contributed by atoms with Crippen molar-refractivity contribution < 1.29 is 4.74 Å². The molecular formula is C18H28IN3O. The van der Waals surface area contributed by atoms with Crippen molar-refractivity contribution in [2.24, 2.45) is 10.9 Å². The first-order chi connectivity index (χ1) is 10.9. The molecule has 1 saturated heterocycles. The Morgan fingerprint density at radius 2 is 2.00 bits per heavy atom. The van der Waals surface area contributed by atoms with Crippen LogP contribution in [0.2, 0.25) is 0 Å². The van der Waals surface area contributed by atoms with Crippen LogP contribution in [0.25, 0.3) is 0 Å². The van der Waals surface area contributed by atoms with Crippen LogP contribution in [-0.4, -0.2) is 37.1 Å². The van der Waals surface area contributed by atoms with Crippen LogP contribution in [0.15, 0.2) is 29.3 Å².